The molecule has 0 N–H and O–H groups in total. The topological polar surface area (TPSA) is 36.9 Å². The average molecular weight is 497 g/mol. The molecule has 0 saturated carbocycles. The fourth-order valence-electron chi connectivity index (χ4n) is 6.72. The zero-order valence-corrected chi connectivity index (χ0v) is 22.3. The summed E-state index contributed by atoms with van der Waals surface area (Å²) in [5.74, 6) is 1.21. The van der Waals surface area contributed by atoms with E-state index in [0.717, 1.165) is 31.6 Å². The Hall–Kier alpha value is -1.15. The van der Waals surface area contributed by atoms with Gasteiger partial charge in [0.05, 0.1) is 36.8 Å². The van der Waals surface area contributed by atoms with E-state index in [2.05, 4.69) is 81.4 Å². The summed E-state index contributed by atoms with van der Waals surface area (Å²) in [6.07, 6.45) is 3.37. The van der Waals surface area contributed by atoms with Gasteiger partial charge in [-0.2, -0.15) is 11.8 Å². The molecule has 2 aromatic carbocycles. The molecule has 4 saturated heterocycles. The van der Waals surface area contributed by atoms with Crippen LogP contribution in [0.5, 0.6) is 0 Å². The first-order valence-corrected chi connectivity index (χ1v) is 15.7. The number of hydrogen-bond donors (Lipinski definition) is 0. The fraction of sp³-hybridized carbons (Fsp3) is 0.571. The van der Waals surface area contributed by atoms with Crippen molar-refractivity contribution in [2.24, 2.45) is 5.92 Å². The van der Waals surface area contributed by atoms with Gasteiger partial charge in [0.2, 0.25) is 0 Å². The molecule has 0 bridgehead atoms. The van der Waals surface area contributed by atoms with E-state index in [1.165, 1.54) is 10.4 Å². The second-order valence-electron chi connectivity index (χ2n) is 11.3. The van der Waals surface area contributed by atoms with Crippen LogP contribution in [-0.4, -0.2) is 56.6 Å². The Labute approximate surface area is 208 Å². The summed E-state index contributed by atoms with van der Waals surface area (Å²) >= 11 is 2.04. The van der Waals surface area contributed by atoms with Gasteiger partial charge in [0.15, 0.2) is 5.79 Å². The highest BCUT2D eigenvalue weighted by Gasteiger charge is 2.62. The van der Waals surface area contributed by atoms with E-state index in [1.807, 2.05) is 11.8 Å². The van der Waals surface area contributed by atoms with Crippen molar-refractivity contribution >= 4 is 30.5 Å². The van der Waals surface area contributed by atoms with Crippen LogP contribution in [0.25, 0.3) is 0 Å². The lowest BCUT2D eigenvalue weighted by Crippen LogP contribution is -2.67. The highest BCUT2D eigenvalue weighted by Crippen LogP contribution is 2.55. The summed E-state index contributed by atoms with van der Waals surface area (Å²) in [5, 5.41) is 3.09. The molecule has 2 aromatic rings. The van der Waals surface area contributed by atoms with E-state index in [9.17, 15) is 0 Å². The predicted octanol–water partition coefficient (Wildman–Crippen LogP) is 4.36. The van der Waals surface area contributed by atoms with E-state index in [0.29, 0.717) is 17.8 Å². The molecule has 4 fully saturated rings. The third kappa shape index (κ3) is 3.64. The van der Waals surface area contributed by atoms with Crippen molar-refractivity contribution in [3.8, 4) is 0 Å². The first-order valence-electron chi connectivity index (χ1n) is 12.8. The zero-order chi connectivity index (χ0) is 23.4. The zero-order valence-electron chi connectivity index (χ0n) is 20.4. The first-order chi connectivity index (χ1) is 16.4. The van der Waals surface area contributed by atoms with Crippen LogP contribution in [0.15, 0.2) is 60.7 Å². The highest BCUT2D eigenvalue weighted by molar-refractivity contribution is 8.00. The van der Waals surface area contributed by atoms with Crippen molar-refractivity contribution in [1.82, 2.24) is 0 Å². The lowest BCUT2D eigenvalue weighted by Gasteiger charge is -2.43. The van der Waals surface area contributed by atoms with Crippen molar-refractivity contribution in [2.75, 3.05) is 19.0 Å². The number of hydrogen-bond acceptors (Lipinski definition) is 5. The van der Waals surface area contributed by atoms with E-state index in [1.54, 1.807) is 0 Å². The summed E-state index contributed by atoms with van der Waals surface area (Å²) in [5.41, 5.74) is 0. The Morgan fingerprint density at radius 3 is 2.29 bits per heavy atom. The second kappa shape index (κ2) is 8.75. The Balaban J connectivity index is 1.25. The summed E-state index contributed by atoms with van der Waals surface area (Å²) in [6, 6.07) is 21.7. The van der Waals surface area contributed by atoms with Crippen molar-refractivity contribution in [2.45, 2.75) is 74.4 Å². The Bertz CT molecular complexity index is 957. The molecule has 34 heavy (non-hydrogen) atoms. The summed E-state index contributed by atoms with van der Waals surface area (Å²) in [7, 11) is -2.56. The SMILES string of the molecule is CC(C)(C)[Si](OC[C@@H]1C[C@H]2O[C@]34OCC[C@H]3SC[C@@H]4C[C@H]2O1)(c1ccccc1)c1ccccc1. The van der Waals surface area contributed by atoms with Crippen molar-refractivity contribution in [3.63, 3.8) is 0 Å². The van der Waals surface area contributed by atoms with Crippen LogP contribution >= 0.6 is 11.8 Å². The molecule has 6 atom stereocenters. The maximum absolute atomic E-state index is 7.16. The minimum absolute atomic E-state index is 0.0321. The van der Waals surface area contributed by atoms with E-state index in [4.69, 9.17) is 18.6 Å². The number of benzene rings is 2. The highest BCUT2D eigenvalue weighted by atomic mass is 32.2. The monoisotopic (exact) mass is 496 g/mol. The van der Waals surface area contributed by atoms with Gasteiger partial charge >= 0.3 is 0 Å². The van der Waals surface area contributed by atoms with Gasteiger partial charge in [-0.25, -0.2) is 0 Å². The average Bonchev–Trinajstić information content (AvgIpc) is 3.50. The molecule has 0 unspecified atom stereocenters. The lowest BCUT2D eigenvalue weighted by molar-refractivity contribution is -0.287. The fourth-order valence-corrected chi connectivity index (χ4v) is 13.0. The van der Waals surface area contributed by atoms with Gasteiger partial charge in [-0.15, -0.1) is 0 Å². The summed E-state index contributed by atoms with van der Waals surface area (Å²) in [4.78, 5) is 0. The second-order valence-corrected chi connectivity index (χ2v) is 16.8. The minimum Gasteiger partial charge on any atom is -0.405 e. The van der Waals surface area contributed by atoms with Gasteiger partial charge in [0.1, 0.15) is 0 Å². The molecule has 0 aliphatic carbocycles. The summed E-state index contributed by atoms with van der Waals surface area (Å²) in [6.45, 7) is 8.40. The van der Waals surface area contributed by atoms with Crippen molar-refractivity contribution < 1.29 is 18.6 Å². The molecule has 182 valence electrons. The number of thioether (sulfide) groups is 1. The molecule has 4 nitrogen and oxygen atoms in total. The van der Waals surface area contributed by atoms with Crippen LogP contribution in [0.3, 0.4) is 0 Å². The molecule has 4 aliphatic rings. The van der Waals surface area contributed by atoms with Gasteiger partial charge < -0.3 is 18.6 Å². The van der Waals surface area contributed by atoms with E-state index in [-0.39, 0.29) is 29.1 Å². The first kappa shape index (κ1) is 23.3. The Morgan fingerprint density at radius 1 is 0.971 bits per heavy atom. The van der Waals surface area contributed by atoms with Gasteiger partial charge in [-0.05, 0) is 28.3 Å². The van der Waals surface area contributed by atoms with Gasteiger partial charge in [-0.1, -0.05) is 81.4 Å². The molecule has 0 radical (unpaired) electrons. The third-order valence-corrected chi connectivity index (χ3v) is 14.8. The number of rotatable bonds is 5. The van der Waals surface area contributed by atoms with Crippen LogP contribution in [0.1, 0.15) is 40.0 Å². The number of fused-ring (bicyclic) bond motifs is 1. The number of ether oxygens (including phenoxy) is 3. The van der Waals surface area contributed by atoms with E-state index < -0.39 is 8.32 Å². The molecule has 1 spiro atoms. The maximum atomic E-state index is 7.16. The standard InChI is InChI=1S/C28H36O4SSi/c1-27(2,3)34(22-10-6-4-7-11-22,23-12-8-5-9-13-23)30-18-21-17-25-24(31-21)16-20-19-33-26-14-15-29-28(20,26)32-25/h4-13,20-21,24-26H,14-19H2,1-3H3/t20-,21-,24+,25+,26+,28-/m0/s1. The van der Waals surface area contributed by atoms with Crippen LogP contribution in [0.4, 0.5) is 0 Å². The van der Waals surface area contributed by atoms with Gasteiger partial charge in [-0.3, -0.25) is 0 Å². The normalized spacial score (nSPS) is 35.1. The molecule has 0 amide bonds. The van der Waals surface area contributed by atoms with Crippen LogP contribution < -0.4 is 10.4 Å². The van der Waals surface area contributed by atoms with E-state index >= 15 is 0 Å². The molecular weight excluding hydrogens is 460 g/mol. The largest absolute Gasteiger partial charge is 0.405 e. The van der Waals surface area contributed by atoms with Crippen molar-refractivity contribution in [3.05, 3.63) is 60.7 Å². The maximum Gasteiger partial charge on any atom is 0.261 e. The molecule has 4 heterocycles. The quantitative estimate of drug-likeness (QED) is 0.575. The van der Waals surface area contributed by atoms with Gasteiger partial charge in [0.25, 0.3) is 8.32 Å². The third-order valence-electron chi connectivity index (χ3n) is 8.26. The Morgan fingerprint density at radius 2 is 1.65 bits per heavy atom. The molecular formula is C28H36O4SSi. The molecule has 0 aromatic heterocycles. The minimum atomic E-state index is -2.56. The van der Waals surface area contributed by atoms with Crippen LogP contribution in [0.2, 0.25) is 5.04 Å². The molecule has 6 rings (SSSR count). The predicted molar refractivity (Wildman–Crippen MR) is 139 cm³/mol. The van der Waals surface area contributed by atoms with Gasteiger partial charge in [0, 0.05) is 18.1 Å². The smallest absolute Gasteiger partial charge is 0.261 e. The summed E-state index contributed by atoms with van der Waals surface area (Å²) < 4.78 is 26.8. The molecule has 4 aliphatic heterocycles. The lowest BCUT2D eigenvalue weighted by atomic mass is 9.86. The molecule has 6 heteroatoms. The Kier molecular flexibility index (Phi) is 5.99. The van der Waals surface area contributed by atoms with Crippen LogP contribution in [0, 0.1) is 5.92 Å². The van der Waals surface area contributed by atoms with Crippen molar-refractivity contribution in [1.29, 1.82) is 0 Å². The van der Waals surface area contributed by atoms with Crippen LogP contribution in [-0.2, 0) is 18.6 Å².